The maximum atomic E-state index is 11.9. The summed E-state index contributed by atoms with van der Waals surface area (Å²) in [5.74, 6) is -0.0819. The summed E-state index contributed by atoms with van der Waals surface area (Å²) in [5, 5.41) is 2.98. The Morgan fingerprint density at radius 3 is 2.83 bits per heavy atom. The van der Waals surface area contributed by atoms with Crippen LogP contribution in [0.25, 0.3) is 0 Å². The van der Waals surface area contributed by atoms with E-state index in [0.29, 0.717) is 10.5 Å². The first-order valence-electron chi connectivity index (χ1n) is 6.22. The summed E-state index contributed by atoms with van der Waals surface area (Å²) < 4.78 is 1.94. The molecule has 0 spiro atoms. The minimum absolute atomic E-state index is 0.0819. The van der Waals surface area contributed by atoms with E-state index < -0.39 is 0 Å². The molecule has 1 aliphatic carbocycles. The number of carbonyl (C=O) groups excluding carboxylic acids is 1. The zero-order valence-electron chi connectivity index (χ0n) is 10.4. The van der Waals surface area contributed by atoms with Crippen molar-refractivity contribution in [1.82, 2.24) is 9.88 Å². The topological polar surface area (TPSA) is 51.1 Å². The number of aromatic nitrogens is 1. The van der Waals surface area contributed by atoms with E-state index in [0.717, 1.165) is 18.4 Å². The van der Waals surface area contributed by atoms with Gasteiger partial charge in [-0.2, -0.15) is 0 Å². The molecule has 1 amide bonds. The summed E-state index contributed by atoms with van der Waals surface area (Å²) in [7, 11) is 0. The third-order valence-corrected chi connectivity index (χ3v) is 3.78. The van der Waals surface area contributed by atoms with Crippen molar-refractivity contribution in [2.45, 2.75) is 45.2 Å². The monoisotopic (exact) mass is 312 g/mol. The van der Waals surface area contributed by atoms with Crippen LogP contribution in [0.1, 0.15) is 31.2 Å². The molecule has 1 saturated carbocycles. The predicted molar refractivity (Wildman–Crippen MR) is 73.5 cm³/mol. The van der Waals surface area contributed by atoms with Gasteiger partial charge in [0.05, 0.1) is 4.47 Å². The Hall–Kier alpha value is -1.10. The van der Waals surface area contributed by atoms with E-state index in [1.165, 1.54) is 17.4 Å². The molecule has 1 N–H and O–H groups in total. The molecule has 0 atom stereocenters. The smallest absolute Gasteiger partial charge is 0.265 e. The lowest BCUT2D eigenvalue weighted by molar-refractivity contribution is -0.122. The maximum absolute atomic E-state index is 11.9. The van der Waals surface area contributed by atoms with Crippen LogP contribution in [-0.2, 0) is 11.3 Å². The van der Waals surface area contributed by atoms with Crippen molar-refractivity contribution < 1.29 is 4.79 Å². The molecule has 1 fully saturated rings. The quantitative estimate of drug-likeness (QED) is 0.928. The SMILES string of the molecule is Cc1cc(Br)c(=O)n(CC(=O)NC2CCCC2)c1. The van der Waals surface area contributed by atoms with Crippen LogP contribution in [-0.4, -0.2) is 16.5 Å². The Bertz CT molecular complexity index is 504. The molecular formula is C13H17BrN2O2. The molecule has 4 nitrogen and oxygen atoms in total. The van der Waals surface area contributed by atoms with E-state index in [4.69, 9.17) is 0 Å². The van der Waals surface area contributed by atoms with Gasteiger partial charge < -0.3 is 9.88 Å². The van der Waals surface area contributed by atoms with E-state index in [-0.39, 0.29) is 18.0 Å². The van der Waals surface area contributed by atoms with Gasteiger partial charge in [-0.05, 0) is 47.3 Å². The molecule has 0 unspecified atom stereocenters. The molecule has 0 radical (unpaired) electrons. The standard InChI is InChI=1S/C13H17BrN2O2/c1-9-6-11(14)13(18)16(7-9)8-12(17)15-10-4-2-3-5-10/h6-7,10H,2-5,8H2,1H3,(H,15,17). The average Bonchev–Trinajstić information content (AvgIpc) is 2.77. The summed E-state index contributed by atoms with van der Waals surface area (Å²) in [6.45, 7) is 1.99. The Labute approximate surface area is 115 Å². The second-order valence-electron chi connectivity index (χ2n) is 4.85. The van der Waals surface area contributed by atoms with Crippen molar-refractivity contribution in [3.8, 4) is 0 Å². The fraction of sp³-hybridized carbons (Fsp3) is 0.538. The number of nitrogens with one attached hydrogen (secondary N) is 1. The molecule has 0 aliphatic heterocycles. The first-order valence-corrected chi connectivity index (χ1v) is 7.01. The molecule has 1 aromatic rings. The molecule has 0 aromatic carbocycles. The molecule has 18 heavy (non-hydrogen) atoms. The van der Waals surface area contributed by atoms with E-state index >= 15 is 0 Å². The van der Waals surface area contributed by atoms with Crippen LogP contribution in [0.15, 0.2) is 21.5 Å². The van der Waals surface area contributed by atoms with Crippen LogP contribution in [0, 0.1) is 6.92 Å². The molecule has 1 aliphatic rings. The predicted octanol–water partition coefficient (Wildman–Crippen LogP) is 1.98. The number of nitrogens with zero attached hydrogens (tertiary/aromatic N) is 1. The summed E-state index contributed by atoms with van der Waals surface area (Å²) in [4.78, 5) is 23.7. The molecule has 2 rings (SSSR count). The largest absolute Gasteiger partial charge is 0.352 e. The summed E-state index contributed by atoms with van der Waals surface area (Å²) >= 11 is 3.21. The number of hydrogen-bond donors (Lipinski definition) is 1. The van der Waals surface area contributed by atoms with Gasteiger partial charge in [0.1, 0.15) is 6.54 Å². The Morgan fingerprint density at radius 1 is 1.50 bits per heavy atom. The highest BCUT2D eigenvalue weighted by Crippen LogP contribution is 2.17. The first-order chi connectivity index (χ1) is 8.56. The van der Waals surface area contributed by atoms with Gasteiger partial charge in [-0.15, -0.1) is 0 Å². The van der Waals surface area contributed by atoms with Gasteiger partial charge in [-0.25, -0.2) is 0 Å². The number of carbonyl (C=O) groups is 1. The van der Waals surface area contributed by atoms with Crippen LogP contribution in [0.4, 0.5) is 0 Å². The van der Waals surface area contributed by atoms with Gasteiger partial charge in [0.15, 0.2) is 0 Å². The highest BCUT2D eigenvalue weighted by atomic mass is 79.9. The molecule has 98 valence electrons. The van der Waals surface area contributed by atoms with Crippen LogP contribution in [0.5, 0.6) is 0 Å². The maximum Gasteiger partial charge on any atom is 0.265 e. The molecule has 1 aromatic heterocycles. The number of pyridine rings is 1. The highest BCUT2D eigenvalue weighted by Gasteiger charge is 2.17. The zero-order chi connectivity index (χ0) is 13.1. The average molecular weight is 313 g/mol. The Morgan fingerprint density at radius 2 is 2.17 bits per heavy atom. The fourth-order valence-electron chi connectivity index (χ4n) is 2.36. The van der Waals surface area contributed by atoms with Gasteiger partial charge in [-0.1, -0.05) is 12.8 Å². The molecule has 1 heterocycles. The third kappa shape index (κ3) is 3.22. The van der Waals surface area contributed by atoms with Crippen LogP contribution >= 0.6 is 15.9 Å². The van der Waals surface area contributed by atoms with E-state index in [2.05, 4.69) is 21.2 Å². The highest BCUT2D eigenvalue weighted by molar-refractivity contribution is 9.10. The third-order valence-electron chi connectivity index (χ3n) is 3.21. The summed E-state index contributed by atoms with van der Waals surface area (Å²) in [5.41, 5.74) is 0.789. The van der Waals surface area contributed by atoms with Crippen molar-refractivity contribution in [2.24, 2.45) is 0 Å². The second kappa shape index (κ2) is 5.69. The molecular weight excluding hydrogens is 296 g/mol. The Kier molecular flexibility index (Phi) is 4.22. The molecule has 0 bridgehead atoms. The van der Waals surface area contributed by atoms with Crippen molar-refractivity contribution in [1.29, 1.82) is 0 Å². The second-order valence-corrected chi connectivity index (χ2v) is 5.70. The number of hydrogen-bond acceptors (Lipinski definition) is 2. The normalized spacial score (nSPS) is 15.9. The van der Waals surface area contributed by atoms with Gasteiger partial charge in [-0.3, -0.25) is 9.59 Å². The van der Waals surface area contributed by atoms with E-state index in [9.17, 15) is 9.59 Å². The van der Waals surface area contributed by atoms with Gasteiger partial charge in [0, 0.05) is 12.2 Å². The van der Waals surface area contributed by atoms with Gasteiger partial charge in [0.25, 0.3) is 5.56 Å². The fourth-order valence-corrected chi connectivity index (χ4v) is 2.94. The van der Waals surface area contributed by atoms with Gasteiger partial charge in [0.2, 0.25) is 5.91 Å². The number of aryl methyl sites for hydroxylation is 1. The van der Waals surface area contributed by atoms with Crippen molar-refractivity contribution in [3.63, 3.8) is 0 Å². The minimum atomic E-state index is -0.165. The number of amides is 1. The number of halogens is 1. The molecule has 0 saturated heterocycles. The number of rotatable bonds is 3. The minimum Gasteiger partial charge on any atom is -0.352 e. The van der Waals surface area contributed by atoms with Crippen molar-refractivity contribution >= 4 is 21.8 Å². The van der Waals surface area contributed by atoms with Crippen molar-refractivity contribution in [3.05, 3.63) is 32.7 Å². The molecule has 5 heteroatoms. The first kappa shape index (κ1) is 13.3. The van der Waals surface area contributed by atoms with Crippen molar-refractivity contribution in [2.75, 3.05) is 0 Å². The lowest BCUT2D eigenvalue weighted by Gasteiger charge is -2.13. The summed E-state index contributed by atoms with van der Waals surface area (Å²) in [6.07, 6.45) is 6.18. The summed E-state index contributed by atoms with van der Waals surface area (Å²) in [6, 6.07) is 2.05. The van der Waals surface area contributed by atoms with Crippen LogP contribution in [0.3, 0.4) is 0 Å². The Balaban J connectivity index is 2.04. The lowest BCUT2D eigenvalue weighted by atomic mass is 10.2. The zero-order valence-corrected chi connectivity index (χ0v) is 12.0. The van der Waals surface area contributed by atoms with Crippen LogP contribution in [0.2, 0.25) is 0 Å². The van der Waals surface area contributed by atoms with E-state index in [1.54, 1.807) is 12.3 Å². The van der Waals surface area contributed by atoms with Gasteiger partial charge >= 0.3 is 0 Å². The van der Waals surface area contributed by atoms with E-state index in [1.807, 2.05) is 6.92 Å². The lowest BCUT2D eigenvalue weighted by Crippen LogP contribution is -2.37. The van der Waals surface area contributed by atoms with Crippen LogP contribution < -0.4 is 10.9 Å².